The molecule has 0 fully saturated rings. The molecule has 2 amide bonds. The van der Waals surface area contributed by atoms with Gasteiger partial charge in [-0.25, -0.2) is 8.42 Å². The molecule has 0 aromatic heterocycles. The fourth-order valence-corrected chi connectivity index (χ4v) is 6.29. The molecule has 0 saturated heterocycles. The number of amides is 2. The summed E-state index contributed by atoms with van der Waals surface area (Å²) in [6.45, 7) is 5.40. The number of hydrogen-bond acceptors (Lipinski definition) is 4. The molecule has 0 bridgehead atoms. The lowest BCUT2D eigenvalue weighted by atomic mass is 10.0. The molecular weight excluding hydrogens is 582 g/mol. The van der Waals surface area contributed by atoms with Crippen LogP contribution in [-0.4, -0.2) is 44.8 Å². The van der Waals surface area contributed by atoms with Crippen LogP contribution in [0.15, 0.2) is 102 Å². The van der Waals surface area contributed by atoms with Crippen LogP contribution in [0.5, 0.6) is 0 Å². The Morgan fingerprint density at radius 1 is 0.814 bits per heavy atom. The molecule has 7 nitrogen and oxygen atoms in total. The molecule has 43 heavy (non-hydrogen) atoms. The van der Waals surface area contributed by atoms with E-state index in [1.54, 1.807) is 12.1 Å². The lowest BCUT2D eigenvalue weighted by molar-refractivity contribution is -0.139. The number of hydrogen-bond donors (Lipinski definition) is 1. The lowest BCUT2D eigenvalue weighted by Gasteiger charge is -2.33. The Labute approximate surface area is 259 Å². The fourth-order valence-electron chi connectivity index (χ4n) is 4.75. The van der Waals surface area contributed by atoms with Crippen LogP contribution >= 0.6 is 11.6 Å². The highest BCUT2D eigenvalue weighted by atomic mass is 35.5. The Hall–Kier alpha value is -4.14. The zero-order valence-corrected chi connectivity index (χ0v) is 26.3. The molecule has 9 heteroatoms. The van der Waals surface area contributed by atoms with Gasteiger partial charge in [-0.05, 0) is 79.4 Å². The van der Waals surface area contributed by atoms with E-state index in [4.69, 9.17) is 11.6 Å². The van der Waals surface area contributed by atoms with Gasteiger partial charge in [0.15, 0.2) is 0 Å². The van der Waals surface area contributed by atoms with Gasteiger partial charge in [0.05, 0.1) is 10.6 Å². The van der Waals surface area contributed by atoms with Crippen LogP contribution in [0.4, 0.5) is 5.69 Å². The molecule has 224 valence electrons. The highest BCUT2D eigenvalue weighted by Gasteiger charge is 2.34. The van der Waals surface area contributed by atoms with Crippen molar-refractivity contribution in [1.82, 2.24) is 10.2 Å². The first-order valence-electron chi connectivity index (χ1n) is 14.0. The Morgan fingerprint density at radius 2 is 1.47 bits per heavy atom. The second-order valence-electron chi connectivity index (χ2n) is 10.6. The average molecular weight is 618 g/mol. The Kier molecular flexibility index (Phi) is 10.3. The molecule has 4 aromatic carbocycles. The van der Waals surface area contributed by atoms with Crippen molar-refractivity contribution in [2.75, 3.05) is 17.9 Å². The molecule has 0 unspecified atom stereocenters. The van der Waals surface area contributed by atoms with Crippen LogP contribution in [-0.2, 0) is 32.6 Å². The van der Waals surface area contributed by atoms with Gasteiger partial charge in [-0.1, -0.05) is 77.8 Å². The number of halogens is 1. The molecule has 0 heterocycles. The van der Waals surface area contributed by atoms with Crippen LogP contribution in [0.25, 0.3) is 0 Å². The maximum Gasteiger partial charge on any atom is 0.264 e. The zero-order chi connectivity index (χ0) is 31.1. The molecule has 4 rings (SSSR count). The first-order chi connectivity index (χ1) is 20.5. The third kappa shape index (κ3) is 7.83. The van der Waals surface area contributed by atoms with Gasteiger partial charge in [0.25, 0.3) is 10.0 Å². The van der Waals surface area contributed by atoms with E-state index in [0.29, 0.717) is 10.7 Å². The third-order valence-electron chi connectivity index (χ3n) is 7.45. The molecule has 0 aliphatic rings. The van der Waals surface area contributed by atoms with Crippen LogP contribution in [0.2, 0.25) is 5.02 Å². The molecule has 1 N–H and O–H groups in total. The number of benzene rings is 4. The van der Waals surface area contributed by atoms with E-state index >= 15 is 0 Å². The molecule has 0 spiro atoms. The normalized spacial score (nSPS) is 11.9. The largest absolute Gasteiger partial charge is 0.357 e. The van der Waals surface area contributed by atoms with Crippen LogP contribution in [0, 0.1) is 20.8 Å². The molecule has 0 saturated carbocycles. The Balaban J connectivity index is 1.80. The van der Waals surface area contributed by atoms with E-state index < -0.39 is 28.5 Å². The summed E-state index contributed by atoms with van der Waals surface area (Å²) in [6.07, 6.45) is 0.256. The second-order valence-corrected chi connectivity index (χ2v) is 12.9. The second kappa shape index (κ2) is 13.9. The minimum absolute atomic E-state index is 0.000138. The molecule has 4 aromatic rings. The minimum Gasteiger partial charge on any atom is -0.357 e. The summed E-state index contributed by atoms with van der Waals surface area (Å²) in [7, 11) is -2.66. The van der Waals surface area contributed by atoms with Crippen molar-refractivity contribution in [3.8, 4) is 0 Å². The summed E-state index contributed by atoms with van der Waals surface area (Å²) < 4.78 is 29.3. The fraction of sp³-hybridized carbons (Fsp3) is 0.235. The highest BCUT2D eigenvalue weighted by Crippen LogP contribution is 2.27. The van der Waals surface area contributed by atoms with Crippen LogP contribution in [0.1, 0.15) is 27.8 Å². The summed E-state index contributed by atoms with van der Waals surface area (Å²) >= 11 is 6.05. The number of likely N-dealkylation sites (N-methyl/N-ethyl adjacent to an activating group) is 1. The summed E-state index contributed by atoms with van der Waals surface area (Å²) in [4.78, 5) is 29.2. The number of aryl methyl sites for hydroxylation is 3. The van der Waals surface area contributed by atoms with Gasteiger partial charge < -0.3 is 10.2 Å². The van der Waals surface area contributed by atoms with E-state index in [0.717, 1.165) is 32.1 Å². The maximum atomic E-state index is 14.4. The van der Waals surface area contributed by atoms with Crippen molar-refractivity contribution < 1.29 is 18.0 Å². The highest BCUT2D eigenvalue weighted by molar-refractivity contribution is 7.92. The molecular formula is C34H36ClN3O4S. The van der Waals surface area contributed by atoms with Crippen molar-refractivity contribution in [2.45, 2.75) is 44.7 Å². The number of nitrogens with zero attached hydrogens (tertiary/aromatic N) is 2. The minimum atomic E-state index is -4.19. The third-order valence-corrected chi connectivity index (χ3v) is 9.49. The predicted octanol–water partition coefficient (Wildman–Crippen LogP) is 5.85. The van der Waals surface area contributed by atoms with E-state index in [2.05, 4.69) is 5.32 Å². The van der Waals surface area contributed by atoms with E-state index in [9.17, 15) is 18.0 Å². The average Bonchev–Trinajstić information content (AvgIpc) is 3.00. The zero-order valence-electron chi connectivity index (χ0n) is 24.7. The molecule has 0 radical (unpaired) electrons. The van der Waals surface area contributed by atoms with Crippen molar-refractivity contribution in [2.24, 2.45) is 0 Å². The quantitative estimate of drug-likeness (QED) is 0.229. The summed E-state index contributed by atoms with van der Waals surface area (Å²) in [5.41, 5.74) is 4.97. The number of sulfonamides is 1. The van der Waals surface area contributed by atoms with Gasteiger partial charge in [-0.15, -0.1) is 0 Å². The van der Waals surface area contributed by atoms with Gasteiger partial charge in [-0.3, -0.25) is 13.9 Å². The lowest BCUT2D eigenvalue weighted by Crippen LogP contribution is -2.53. The topological polar surface area (TPSA) is 86.8 Å². The Morgan fingerprint density at radius 3 is 2.07 bits per heavy atom. The van der Waals surface area contributed by atoms with E-state index in [1.807, 2.05) is 81.4 Å². The van der Waals surface area contributed by atoms with Gasteiger partial charge in [0.2, 0.25) is 11.8 Å². The molecule has 0 aliphatic carbocycles. The van der Waals surface area contributed by atoms with Crippen molar-refractivity contribution in [3.63, 3.8) is 0 Å². The molecule has 1 atom stereocenters. The standard InChI is InChI=1S/C34H36ClN3O4S/c1-24-10-13-28(14-11-24)22-37(32(34(40)36-4)21-27-8-6-5-7-9-27)33(39)23-38(30-17-12-25(2)26(3)20-30)43(41,42)31-18-15-29(35)16-19-31/h5-20,32H,21-23H2,1-4H3,(H,36,40)/t32-/m0/s1. The monoisotopic (exact) mass is 617 g/mol. The number of nitrogens with one attached hydrogen (secondary N) is 1. The van der Waals surface area contributed by atoms with Crippen LogP contribution in [0.3, 0.4) is 0 Å². The summed E-state index contributed by atoms with van der Waals surface area (Å²) in [5.74, 6) is -0.858. The van der Waals surface area contributed by atoms with Gasteiger partial charge in [0.1, 0.15) is 12.6 Å². The maximum absolute atomic E-state index is 14.4. The molecule has 0 aliphatic heterocycles. The first-order valence-corrected chi connectivity index (χ1v) is 15.8. The van der Waals surface area contributed by atoms with Gasteiger partial charge in [0, 0.05) is 25.0 Å². The van der Waals surface area contributed by atoms with Crippen LogP contribution < -0.4 is 9.62 Å². The summed E-state index contributed by atoms with van der Waals surface area (Å²) in [6, 6.07) is 27.4. The van der Waals surface area contributed by atoms with Crippen molar-refractivity contribution in [3.05, 3.63) is 130 Å². The van der Waals surface area contributed by atoms with E-state index in [1.165, 1.54) is 36.2 Å². The predicted molar refractivity (Wildman–Crippen MR) is 172 cm³/mol. The number of carbonyl (C=O) groups excluding carboxylic acids is 2. The van der Waals surface area contributed by atoms with Gasteiger partial charge in [-0.2, -0.15) is 0 Å². The summed E-state index contributed by atoms with van der Waals surface area (Å²) in [5, 5.41) is 3.09. The smallest absolute Gasteiger partial charge is 0.264 e. The number of rotatable bonds is 11. The first kappa shape index (κ1) is 31.8. The van der Waals surface area contributed by atoms with Crippen molar-refractivity contribution in [1.29, 1.82) is 0 Å². The number of anilines is 1. The van der Waals surface area contributed by atoms with Gasteiger partial charge >= 0.3 is 0 Å². The number of carbonyl (C=O) groups is 2. The Bertz CT molecular complexity index is 1680. The van der Waals surface area contributed by atoms with E-state index in [-0.39, 0.29) is 23.8 Å². The SMILES string of the molecule is CNC(=O)[C@H](Cc1ccccc1)N(Cc1ccc(C)cc1)C(=O)CN(c1ccc(C)c(C)c1)S(=O)(=O)c1ccc(Cl)cc1. The van der Waals surface area contributed by atoms with Crippen molar-refractivity contribution >= 4 is 39.1 Å².